The number of carbonyl (C=O) groups is 1. The van der Waals surface area contributed by atoms with Crippen LogP contribution in [0, 0.1) is 6.92 Å². The van der Waals surface area contributed by atoms with Crippen molar-refractivity contribution in [2.75, 3.05) is 31.4 Å². The Balaban J connectivity index is 1.53. The standard InChI is InChI=1S/C21H29N5O2/c1-14-13-22-21(25-19(14)26(2)3)24-16-11-9-15(10-12-16)23-20(27)17-7-5-6-8-18(17)28-4/h5-8,13,15-16H,9-12H2,1-4H3,(H,23,27)(H,22,24,25). The lowest BCUT2D eigenvalue weighted by Gasteiger charge is -2.30. The monoisotopic (exact) mass is 383 g/mol. The minimum atomic E-state index is -0.0775. The van der Waals surface area contributed by atoms with Gasteiger partial charge in [0.05, 0.1) is 12.7 Å². The fourth-order valence-electron chi connectivity index (χ4n) is 3.62. The van der Waals surface area contributed by atoms with Gasteiger partial charge in [-0.05, 0) is 44.7 Å². The zero-order valence-electron chi connectivity index (χ0n) is 17.0. The van der Waals surface area contributed by atoms with E-state index in [-0.39, 0.29) is 11.9 Å². The van der Waals surface area contributed by atoms with E-state index in [0.29, 0.717) is 23.3 Å². The number of anilines is 2. The molecule has 0 atom stereocenters. The summed E-state index contributed by atoms with van der Waals surface area (Å²) in [4.78, 5) is 23.6. The van der Waals surface area contributed by atoms with Crippen LogP contribution < -0.4 is 20.3 Å². The van der Waals surface area contributed by atoms with Gasteiger partial charge in [0.2, 0.25) is 5.95 Å². The topological polar surface area (TPSA) is 79.4 Å². The first kappa shape index (κ1) is 19.9. The number of hydrogen-bond donors (Lipinski definition) is 2. The fraction of sp³-hybridized carbons (Fsp3) is 0.476. The number of ether oxygens (including phenoxy) is 1. The number of nitrogens with zero attached hydrogens (tertiary/aromatic N) is 3. The highest BCUT2D eigenvalue weighted by Gasteiger charge is 2.24. The highest BCUT2D eigenvalue weighted by Crippen LogP contribution is 2.24. The summed E-state index contributed by atoms with van der Waals surface area (Å²) in [5, 5.41) is 6.59. The van der Waals surface area contributed by atoms with Crippen molar-refractivity contribution < 1.29 is 9.53 Å². The van der Waals surface area contributed by atoms with Gasteiger partial charge >= 0.3 is 0 Å². The van der Waals surface area contributed by atoms with Crippen LogP contribution in [0.3, 0.4) is 0 Å². The second-order valence-corrected chi connectivity index (χ2v) is 7.46. The zero-order valence-corrected chi connectivity index (χ0v) is 17.0. The molecule has 1 aromatic carbocycles. The predicted molar refractivity (Wildman–Crippen MR) is 111 cm³/mol. The third kappa shape index (κ3) is 4.71. The lowest BCUT2D eigenvalue weighted by Crippen LogP contribution is -2.40. The molecule has 28 heavy (non-hydrogen) atoms. The van der Waals surface area contributed by atoms with Gasteiger partial charge in [0.1, 0.15) is 11.6 Å². The number of benzene rings is 1. The number of hydrogen-bond acceptors (Lipinski definition) is 6. The summed E-state index contributed by atoms with van der Waals surface area (Å²) in [5.41, 5.74) is 1.63. The smallest absolute Gasteiger partial charge is 0.255 e. The van der Waals surface area contributed by atoms with E-state index in [1.54, 1.807) is 19.2 Å². The molecule has 1 fully saturated rings. The normalized spacial score (nSPS) is 19.0. The van der Waals surface area contributed by atoms with Crippen LogP contribution in [0.25, 0.3) is 0 Å². The Morgan fingerprint density at radius 1 is 1.14 bits per heavy atom. The summed E-state index contributed by atoms with van der Waals surface area (Å²) < 4.78 is 5.29. The van der Waals surface area contributed by atoms with E-state index in [2.05, 4.69) is 20.6 Å². The van der Waals surface area contributed by atoms with Gasteiger partial charge in [0.25, 0.3) is 5.91 Å². The van der Waals surface area contributed by atoms with Gasteiger partial charge in [-0.3, -0.25) is 4.79 Å². The van der Waals surface area contributed by atoms with Crippen LogP contribution in [-0.4, -0.2) is 49.2 Å². The van der Waals surface area contributed by atoms with Crippen molar-refractivity contribution in [2.24, 2.45) is 0 Å². The quantitative estimate of drug-likeness (QED) is 0.798. The molecular formula is C21H29N5O2. The highest BCUT2D eigenvalue weighted by atomic mass is 16.5. The summed E-state index contributed by atoms with van der Waals surface area (Å²) in [6, 6.07) is 7.80. The first-order chi connectivity index (χ1) is 13.5. The molecule has 1 aliphatic carbocycles. The molecule has 7 nitrogen and oxygen atoms in total. The number of aromatic nitrogens is 2. The molecule has 0 unspecified atom stereocenters. The SMILES string of the molecule is COc1ccccc1C(=O)NC1CCC(Nc2ncc(C)c(N(C)C)n2)CC1. The summed E-state index contributed by atoms with van der Waals surface area (Å²) in [6.07, 6.45) is 5.62. The molecule has 1 heterocycles. The number of rotatable bonds is 6. The minimum absolute atomic E-state index is 0.0775. The molecule has 0 aliphatic heterocycles. The molecule has 0 bridgehead atoms. The average molecular weight is 383 g/mol. The van der Waals surface area contributed by atoms with Gasteiger partial charge in [-0.15, -0.1) is 0 Å². The number of methoxy groups -OCH3 is 1. The molecule has 3 rings (SSSR count). The third-order valence-corrected chi connectivity index (χ3v) is 5.12. The molecule has 0 radical (unpaired) electrons. The Labute approximate surface area is 166 Å². The first-order valence-electron chi connectivity index (χ1n) is 9.69. The fourth-order valence-corrected chi connectivity index (χ4v) is 3.62. The molecule has 2 aromatic rings. The molecule has 1 aliphatic rings. The van der Waals surface area contributed by atoms with Crippen LogP contribution in [0.1, 0.15) is 41.6 Å². The lowest BCUT2D eigenvalue weighted by atomic mass is 9.91. The van der Waals surface area contributed by atoms with Crippen molar-refractivity contribution >= 4 is 17.7 Å². The van der Waals surface area contributed by atoms with Crippen molar-refractivity contribution in [1.29, 1.82) is 0 Å². The maximum atomic E-state index is 12.6. The predicted octanol–water partition coefficient (Wildman–Crippen LogP) is 3.01. The molecule has 1 saturated carbocycles. The molecule has 1 amide bonds. The van der Waals surface area contributed by atoms with Gasteiger partial charge in [-0.1, -0.05) is 12.1 Å². The average Bonchev–Trinajstić information content (AvgIpc) is 2.70. The van der Waals surface area contributed by atoms with Gasteiger partial charge < -0.3 is 20.3 Å². The van der Waals surface area contributed by atoms with Gasteiger partial charge in [0.15, 0.2) is 0 Å². The van der Waals surface area contributed by atoms with E-state index in [9.17, 15) is 4.79 Å². The maximum Gasteiger partial charge on any atom is 0.255 e. The lowest BCUT2D eigenvalue weighted by molar-refractivity contribution is 0.0923. The maximum absolute atomic E-state index is 12.6. The molecule has 0 spiro atoms. The van der Waals surface area contributed by atoms with Crippen LogP contribution in [-0.2, 0) is 0 Å². The van der Waals surface area contributed by atoms with Crippen LogP contribution in [0.5, 0.6) is 5.75 Å². The Kier molecular flexibility index (Phi) is 6.34. The molecule has 0 saturated heterocycles. The van der Waals surface area contributed by atoms with Crippen LogP contribution in [0.4, 0.5) is 11.8 Å². The summed E-state index contributed by atoms with van der Waals surface area (Å²) >= 11 is 0. The van der Waals surface area contributed by atoms with Crippen molar-refractivity contribution in [2.45, 2.75) is 44.7 Å². The molecule has 150 valence electrons. The Morgan fingerprint density at radius 3 is 2.50 bits per heavy atom. The largest absolute Gasteiger partial charge is 0.496 e. The number of aryl methyl sites for hydroxylation is 1. The highest BCUT2D eigenvalue weighted by molar-refractivity contribution is 5.97. The minimum Gasteiger partial charge on any atom is -0.496 e. The van der Waals surface area contributed by atoms with Crippen molar-refractivity contribution in [1.82, 2.24) is 15.3 Å². The Morgan fingerprint density at radius 2 is 1.82 bits per heavy atom. The molecule has 7 heteroatoms. The van der Waals surface area contributed by atoms with Crippen molar-refractivity contribution in [3.05, 3.63) is 41.6 Å². The first-order valence-corrected chi connectivity index (χ1v) is 9.69. The van der Waals surface area contributed by atoms with Gasteiger partial charge in [-0.2, -0.15) is 4.98 Å². The van der Waals surface area contributed by atoms with Crippen molar-refractivity contribution in [3.63, 3.8) is 0 Å². The Hall–Kier alpha value is -2.83. The number of nitrogens with one attached hydrogen (secondary N) is 2. The number of para-hydroxylation sites is 1. The van der Waals surface area contributed by atoms with E-state index >= 15 is 0 Å². The molecular weight excluding hydrogens is 354 g/mol. The summed E-state index contributed by atoms with van der Waals surface area (Å²) in [6.45, 7) is 2.01. The van der Waals surface area contributed by atoms with E-state index < -0.39 is 0 Å². The summed E-state index contributed by atoms with van der Waals surface area (Å²) in [5.74, 6) is 2.11. The summed E-state index contributed by atoms with van der Waals surface area (Å²) in [7, 11) is 5.54. The molecule has 1 aromatic heterocycles. The zero-order chi connectivity index (χ0) is 20.1. The van der Waals surface area contributed by atoms with E-state index in [4.69, 9.17) is 4.74 Å². The van der Waals surface area contributed by atoms with Gasteiger partial charge in [-0.25, -0.2) is 4.98 Å². The molecule has 2 N–H and O–H groups in total. The van der Waals surface area contributed by atoms with Crippen molar-refractivity contribution in [3.8, 4) is 5.75 Å². The van der Waals surface area contributed by atoms with Crippen LogP contribution in [0.15, 0.2) is 30.5 Å². The van der Waals surface area contributed by atoms with E-state index in [1.807, 2.05) is 44.2 Å². The number of amides is 1. The third-order valence-electron chi connectivity index (χ3n) is 5.12. The van der Waals surface area contributed by atoms with Gasteiger partial charge in [0, 0.05) is 37.9 Å². The second kappa shape index (κ2) is 8.91. The number of carbonyl (C=O) groups excluding carboxylic acids is 1. The van der Waals surface area contributed by atoms with Crippen LogP contribution in [0.2, 0.25) is 0 Å². The van der Waals surface area contributed by atoms with E-state index in [0.717, 1.165) is 37.1 Å². The Bertz CT molecular complexity index is 816. The second-order valence-electron chi connectivity index (χ2n) is 7.46. The van der Waals surface area contributed by atoms with Crippen LogP contribution >= 0.6 is 0 Å². The van der Waals surface area contributed by atoms with E-state index in [1.165, 1.54) is 0 Å².